The van der Waals surface area contributed by atoms with E-state index in [9.17, 15) is 14.0 Å². The molecule has 0 N–H and O–H groups in total. The molecule has 2 aliphatic rings. The van der Waals surface area contributed by atoms with Gasteiger partial charge < -0.3 is 0 Å². The number of rotatable bonds is 3. The van der Waals surface area contributed by atoms with Crippen LogP contribution < -0.4 is 9.91 Å². The van der Waals surface area contributed by atoms with Gasteiger partial charge in [0, 0.05) is 0 Å². The third-order valence-corrected chi connectivity index (χ3v) is 4.48. The lowest BCUT2D eigenvalue weighted by Gasteiger charge is -2.21. The van der Waals surface area contributed by atoms with E-state index in [1.807, 2.05) is 19.1 Å². The smallest absolute Gasteiger partial charge is 0.263 e. The fourth-order valence-corrected chi connectivity index (χ4v) is 3.13. The number of imide groups is 1. The quantitative estimate of drug-likeness (QED) is 0.808. The lowest BCUT2D eigenvalue weighted by molar-refractivity contribution is -0.121. The van der Waals surface area contributed by atoms with Crippen molar-refractivity contribution in [1.82, 2.24) is 0 Å². The first-order valence-corrected chi connectivity index (χ1v) is 8.03. The Hall–Kier alpha value is -3.09. The van der Waals surface area contributed by atoms with Crippen molar-refractivity contribution < 1.29 is 14.0 Å². The van der Waals surface area contributed by atoms with Crippen LogP contribution in [0.15, 0.2) is 58.9 Å². The van der Waals surface area contributed by atoms with Crippen LogP contribution in [0.4, 0.5) is 15.8 Å². The average Bonchev–Trinajstić information content (AvgIpc) is 3.16. The Labute approximate surface area is 143 Å². The van der Waals surface area contributed by atoms with Gasteiger partial charge in [0.1, 0.15) is 5.82 Å². The molecule has 1 fully saturated rings. The molecule has 7 heteroatoms. The van der Waals surface area contributed by atoms with Crippen molar-refractivity contribution in [3.63, 3.8) is 0 Å². The van der Waals surface area contributed by atoms with Gasteiger partial charge in [0.05, 0.1) is 11.4 Å². The number of aryl methyl sites for hydroxylation is 1. The Balaban J connectivity index is 1.69. The summed E-state index contributed by atoms with van der Waals surface area (Å²) in [7, 11) is 0. The minimum atomic E-state index is -0.949. The number of hydrogen-bond donors (Lipinski definition) is 0. The predicted octanol–water partition coefficient (Wildman–Crippen LogP) is 2.89. The number of nitrogens with zero attached hydrogens (tertiary/aromatic N) is 4. The summed E-state index contributed by atoms with van der Waals surface area (Å²) < 4.78 is 14.1. The molecular formula is C18H15FN4O2. The molecule has 2 aromatic rings. The van der Waals surface area contributed by atoms with E-state index in [2.05, 4.69) is 10.3 Å². The average molecular weight is 338 g/mol. The van der Waals surface area contributed by atoms with Gasteiger partial charge in [-0.2, -0.15) is 5.11 Å². The number of carbonyl (C=O) groups excluding carboxylic acids is 2. The minimum Gasteiger partial charge on any atom is -0.271 e. The van der Waals surface area contributed by atoms with Crippen LogP contribution in [0.25, 0.3) is 0 Å². The second-order valence-corrected chi connectivity index (χ2v) is 5.92. The van der Waals surface area contributed by atoms with Crippen LogP contribution in [0.1, 0.15) is 12.5 Å². The number of benzene rings is 2. The second-order valence-electron chi connectivity index (χ2n) is 5.92. The largest absolute Gasteiger partial charge is 0.271 e. The van der Waals surface area contributed by atoms with Crippen molar-refractivity contribution in [2.24, 2.45) is 10.3 Å². The van der Waals surface area contributed by atoms with E-state index in [-0.39, 0.29) is 5.69 Å². The number of hydrogen-bond acceptors (Lipinski definition) is 5. The van der Waals surface area contributed by atoms with Crippen LogP contribution in [-0.4, -0.2) is 23.9 Å². The molecule has 2 aromatic carbocycles. The first-order valence-electron chi connectivity index (χ1n) is 8.03. The summed E-state index contributed by atoms with van der Waals surface area (Å²) >= 11 is 0. The third-order valence-electron chi connectivity index (χ3n) is 4.48. The molecule has 4 rings (SSSR count). The lowest BCUT2D eigenvalue weighted by atomic mass is 10.1. The Morgan fingerprint density at radius 3 is 2.44 bits per heavy atom. The normalized spacial score (nSPS) is 22.0. The summed E-state index contributed by atoms with van der Waals surface area (Å²) in [5.41, 5.74) is 1.73. The molecule has 0 spiro atoms. The molecule has 126 valence electrons. The van der Waals surface area contributed by atoms with Gasteiger partial charge in [-0.15, -0.1) is 0 Å². The van der Waals surface area contributed by atoms with E-state index < -0.39 is 29.7 Å². The predicted molar refractivity (Wildman–Crippen MR) is 89.6 cm³/mol. The third kappa shape index (κ3) is 2.31. The van der Waals surface area contributed by atoms with E-state index in [1.54, 1.807) is 24.3 Å². The van der Waals surface area contributed by atoms with Gasteiger partial charge in [0.25, 0.3) is 11.8 Å². The van der Waals surface area contributed by atoms with E-state index in [0.29, 0.717) is 5.69 Å². The second kappa shape index (κ2) is 5.77. The zero-order chi connectivity index (χ0) is 17.6. The standard InChI is InChI=1S/C18H15FN4O2/c1-2-11-7-9-12(10-8-11)22-17(24)15-16(18(22)25)23(21-20-15)14-6-4-3-5-13(14)19/h3-10,15-16H,2H2,1H3/t15-,16-/m0/s1. The molecule has 0 aliphatic carbocycles. The molecule has 2 amide bonds. The maximum Gasteiger partial charge on any atom is 0.263 e. The summed E-state index contributed by atoms with van der Waals surface area (Å²) in [6.07, 6.45) is 0.864. The van der Waals surface area contributed by atoms with Crippen LogP contribution in [0, 0.1) is 5.82 Å². The van der Waals surface area contributed by atoms with Crippen LogP contribution >= 0.6 is 0 Å². The van der Waals surface area contributed by atoms with Gasteiger partial charge in [-0.1, -0.05) is 36.4 Å². The van der Waals surface area contributed by atoms with Gasteiger partial charge in [-0.25, -0.2) is 14.3 Å². The summed E-state index contributed by atoms with van der Waals surface area (Å²) in [6.45, 7) is 2.03. The molecule has 1 saturated heterocycles. The van der Waals surface area contributed by atoms with Crippen molar-refractivity contribution in [3.8, 4) is 0 Å². The van der Waals surface area contributed by atoms with Crippen LogP contribution in [0.2, 0.25) is 0 Å². The molecular weight excluding hydrogens is 323 g/mol. The zero-order valence-corrected chi connectivity index (χ0v) is 13.5. The van der Waals surface area contributed by atoms with Crippen LogP contribution in [-0.2, 0) is 16.0 Å². The molecule has 25 heavy (non-hydrogen) atoms. The molecule has 0 radical (unpaired) electrons. The van der Waals surface area contributed by atoms with E-state index in [0.717, 1.165) is 16.9 Å². The number of amides is 2. The SMILES string of the molecule is CCc1ccc(N2C(=O)[C@H]3N=NN(c4ccccc4F)[C@@H]3C2=O)cc1. The van der Waals surface area contributed by atoms with Crippen molar-refractivity contribution in [2.75, 3.05) is 9.91 Å². The highest BCUT2D eigenvalue weighted by Crippen LogP contribution is 2.35. The first-order chi connectivity index (χ1) is 12.1. The van der Waals surface area contributed by atoms with Crippen molar-refractivity contribution >= 4 is 23.2 Å². The van der Waals surface area contributed by atoms with Gasteiger partial charge in [0.15, 0.2) is 12.1 Å². The molecule has 2 atom stereocenters. The maximum absolute atomic E-state index is 14.1. The van der Waals surface area contributed by atoms with Gasteiger partial charge >= 0.3 is 0 Å². The van der Waals surface area contributed by atoms with E-state index >= 15 is 0 Å². The van der Waals surface area contributed by atoms with Gasteiger partial charge in [0.2, 0.25) is 0 Å². The van der Waals surface area contributed by atoms with Gasteiger partial charge in [-0.3, -0.25) is 9.59 Å². The number of anilines is 2. The Morgan fingerprint density at radius 1 is 1.04 bits per heavy atom. The molecule has 0 aromatic heterocycles. The lowest BCUT2D eigenvalue weighted by Crippen LogP contribution is -2.40. The molecule has 2 heterocycles. The Kier molecular flexibility index (Phi) is 3.56. The fourth-order valence-electron chi connectivity index (χ4n) is 3.13. The highest BCUT2D eigenvalue weighted by Gasteiger charge is 2.55. The Morgan fingerprint density at radius 2 is 1.76 bits per heavy atom. The highest BCUT2D eigenvalue weighted by atomic mass is 19.1. The monoisotopic (exact) mass is 338 g/mol. The van der Waals surface area contributed by atoms with E-state index in [4.69, 9.17) is 0 Å². The summed E-state index contributed by atoms with van der Waals surface area (Å²) in [5, 5.41) is 8.96. The fraction of sp³-hybridized carbons (Fsp3) is 0.222. The summed E-state index contributed by atoms with van der Waals surface area (Å²) in [4.78, 5) is 26.6. The number of fused-ring (bicyclic) bond motifs is 1. The molecule has 0 bridgehead atoms. The van der Waals surface area contributed by atoms with Crippen LogP contribution in [0.5, 0.6) is 0 Å². The molecule has 0 unspecified atom stereocenters. The van der Waals surface area contributed by atoms with Crippen molar-refractivity contribution in [3.05, 3.63) is 59.9 Å². The summed E-state index contributed by atoms with van der Waals surface area (Å²) in [5.74, 6) is -1.41. The minimum absolute atomic E-state index is 0.128. The highest BCUT2D eigenvalue weighted by molar-refractivity contribution is 6.26. The maximum atomic E-state index is 14.1. The number of para-hydroxylation sites is 1. The number of halogens is 1. The zero-order valence-electron chi connectivity index (χ0n) is 13.5. The van der Waals surface area contributed by atoms with Gasteiger partial charge in [-0.05, 0) is 36.2 Å². The van der Waals surface area contributed by atoms with Crippen molar-refractivity contribution in [1.29, 1.82) is 0 Å². The Bertz CT molecular complexity index is 881. The molecule has 0 saturated carbocycles. The summed E-state index contributed by atoms with van der Waals surface area (Å²) in [6, 6.07) is 11.3. The molecule has 2 aliphatic heterocycles. The first kappa shape index (κ1) is 15.4. The van der Waals surface area contributed by atoms with E-state index in [1.165, 1.54) is 17.1 Å². The topological polar surface area (TPSA) is 65.3 Å². The molecule has 6 nitrogen and oxygen atoms in total. The number of carbonyl (C=O) groups is 2. The van der Waals surface area contributed by atoms with Crippen molar-refractivity contribution in [2.45, 2.75) is 25.4 Å². The van der Waals surface area contributed by atoms with Crippen LogP contribution in [0.3, 0.4) is 0 Å².